The molecule has 40 heavy (non-hydrogen) atoms. The van der Waals surface area contributed by atoms with Gasteiger partial charge in [-0.25, -0.2) is 29.1 Å². The summed E-state index contributed by atoms with van der Waals surface area (Å²) in [7, 11) is 0. The lowest BCUT2D eigenvalue weighted by Gasteiger charge is -2.26. The van der Waals surface area contributed by atoms with Crippen molar-refractivity contribution in [1.82, 2.24) is 29.5 Å². The second-order valence-corrected chi connectivity index (χ2v) is 15.1. The third-order valence-corrected chi connectivity index (χ3v) is 10.0. The Labute approximate surface area is 236 Å². The molecule has 1 saturated carbocycles. The first-order valence-corrected chi connectivity index (χ1v) is 17.5. The molecule has 20 heteroatoms. The van der Waals surface area contributed by atoms with E-state index in [4.69, 9.17) is 27.6 Å². The van der Waals surface area contributed by atoms with Crippen LogP contribution in [0.4, 0.5) is 0 Å². The highest BCUT2D eigenvalue weighted by Crippen LogP contribution is 2.60. The Balaban J connectivity index is 1.27. The number of fused-ring (bicyclic) bond motifs is 4. The van der Waals surface area contributed by atoms with E-state index in [9.17, 15) is 19.0 Å². The minimum atomic E-state index is -4.13. The van der Waals surface area contributed by atoms with Crippen molar-refractivity contribution in [2.45, 2.75) is 49.6 Å². The van der Waals surface area contributed by atoms with E-state index in [1.807, 2.05) is 0 Å². The summed E-state index contributed by atoms with van der Waals surface area (Å²) in [5.74, 6) is -0.107. The van der Waals surface area contributed by atoms with Gasteiger partial charge in [0.05, 0.1) is 32.0 Å². The second-order valence-electron chi connectivity index (χ2n) is 9.37. The highest BCUT2D eigenvalue weighted by Gasteiger charge is 2.51. The van der Waals surface area contributed by atoms with Gasteiger partial charge in [0.2, 0.25) is 5.88 Å². The molecular weight excluding hydrogens is 610 g/mol. The Kier molecular flexibility index (Phi) is 7.84. The summed E-state index contributed by atoms with van der Waals surface area (Å²) >= 11 is 8.25. The Morgan fingerprint density at radius 1 is 1.07 bits per heavy atom. The number of H-pyrrole nitrogens is 1. The molecule has 2 aliphatic heterocycles. The van der Waals surface area contributed by atoms with Crippen molar-refractivity contribution >= 4 is 49.3 Å². The van der Waals surface area contributed by atoms with E-state index in [1.54, 1.807) is 6.07 Å². The van der Waals surface area contributed by atoms with Gasteiger partial charge in [-0.2, -0.15) is 0 Å². The maximum absolute atomic E-state index is 13.4. The van der Waals surface area contributed by atoms with Crippen LogP contribution in [-0.2, 0) is 32.0 Å². The van der Waals surface area contributed by atoms with Crippen molar-refractivity contribution in [2.75, 3.05) is 13.2 Å². The summed E-state index contributed by atoms with van der Waals surface area (Å²) < 4.78 is 62.4. The van der Waals surface area contributed by atoms with Crippen molar-refractivity contribution in [3.63, 3.8) is 0 Å². The number of imidazole rings is 1. The Morgan fingerprint density at radius 2 is 1.88 bits per heavy atom. The van der Waals surface area contributed by atoms with Crippen LogP contribution in [0.1, 0.15) is 19.1 Å². The molecule has 2 bridgehead atoms. The molecule has 216 valence electrons. The number of thiol groups is 2. The zero-order chi connectivity index (χ0) is 28.1. The van der Waals surface area contributed by atoms with E-state index in [0.717, 1.165) is 0 Å². The predicted octanol–water partition coefficient (Wildman–Crippen LogP) is 1.92. The number of nitrogens with zero attached hydrogens (tertiary/aromatic N) is 5. The van der Waals surface area contributed by atoms with Crippen LogP contribution in [0.2, 0.25) is 0 Å². The molecule has 0 spiro atoms. The summed E-state index contributed by atoms with van der Waals surface area (Å²) in [5.41, 5.74) is -0.358. The fraction of sp³-hybridized carbons (Fsp3) is 0.550. The molecule has 2 saturated heterocycles. The van der Waals surface area contributed by atoms with Crippen molar-refractivity contribution in [1.29, 1.82) is 0 Å². The van der Waals surface area contributed by atoms with E-state index in [2.05, 4.69) is 49.4 Å². The number of hydrogen-bond acceptors (Lipinski definition) is 14. The number of aliphatic hydroxyl groups excluding tert-OH is 1. The smallest absolute Gasteiger partial charge is 0.386 e. The van der Waals surface area contributed by atoms with Crippen LogP contribution in [0, 0.1) is 5.92 Å². The van der Waals surface area contributed by atoms with Gasteiger partial charge < -0.3 is 24.1 Å². The molecule has 3 aromatic rings. The molecule has 5 heterocycles. The zero-order valence-corrected chi connectivity index (χ0v) is 24.0. The summed E-state index contributed by atoms with van der Waals surface area (Å²) in [6.45, 7) is -8.71. The van der Waals surface area contributed by atoms with Crippen LogP contribution in [0.5, 0.6) is 5.88 Å². The molecule has 1 aliphatic carbocycles. The topological polar surface area (TPSA) is 199 Å². The number of aliphatic hydroxyl groups is 1. The molecule has 16 nitrogen and oxygen atoms in total. The van der Waals surface area contributed by atoms with Gasteiger partial charge in [-0.3, -0.25) is 22.9 Å². The molecule has 9 atom stereocenters. The van der Waals surface area contributed by atoms with Crippen LogP contribution >= 0.6 is 38.1 Å². The molecule has 0 unspecified atom stereocenters. The standard InChI is InChI=1S/C20H24N6O10P2S2/c27-16-13-6-32-37(29,39)35-12-4-11(33-14-1-2-21-7-22-14)3-10(12)5-31-38(30,40)36-17(16)20(34-13)26-9-25-15-18(26)23-8-24-19(15)28/h1-2,7-13,16-17,20,27H,3-6H2,(H,29,39)(H,30,40)(H,23,24,28)/t10-,11-,12+,13-,16-,17-,20-,37+,38+/m1/s1. The number of rotatable bonds is 3. The quantitative estimate of drug-likeness (QED) is 0.241. The molecule has 3 aliphatic rings. The zero-order valence-electron chi connectivity index (χ0n) is 20.4. The van der Waals surface area contributed by atoms with Gasteiger partial charge in [0.1, 0.15) is 30.7 Å². The summed E-state index contributed by atoms with van der Waals surface area (Å²) in [6.07, 6.45) is -0.212. The van der Waals surface area contributed by atoms with Crippen molar-refractivity contribution < 1.29 is 41.8 Å². The Hall–Kier alpha value is -1.85. The van der Waals surface area contributed by atoms with Crippen LogP contribution in [0.25, 0.3) is 11.2 Å². The highest BCUT2D eigenvalue weighted by molar-refractivity contribution is 8.44. The molecule has 3 fully saturated rings. The number of nitrogens with one attached hydrogen (secondary N) is 1. The molecule has 6 rings (SSSR count). The first kappa shape index (κ1) is 28.3. The maximum atomic E-state index is 13.4. The molecule has 0 amide bonds. The summed E-state index contributed by atoms with van der Waals surface area (Å²) in [4.78, 5) is 30.6. The van der Waals surface area contributed by atoms with Crippen LogP contribution in [0.3, 0.4) is 0 Å². The highest BCUT2D eigenvalue weighted by atomic mass is 32.7. The van der Waals surface area contributed by atoms with E-state index >= 15 is 0 Å². The largest absolute Gasteiger partial charge is 0.474 e. The Bertz CT molecular complexity index is 1530. The minimum absolute atomic E-state index is 0.0121. The molecule has 2 N–H and O–H groups in total. The Morgan fingerprint density at radius 3 is 2.67 bits per heavy atom. The molecule has 0 radical (unpaired) electrons. The van der Waals surface area contributed by atoms with Crippen molar-refractivity contribution in [3.05, 3.63) is 41.6 Å². The van der Waals surface area contributed by atoms with Crippen LogP contribution in [0.15, 0.2) is 36.0 Å². The lowest BCUT2D eigenvalue weighted by Crippen LogP contribution is -2.35. The van der Waals surface area contributed by atoms with Crippen molar-refractivity contribution in [3.8, 4) is 5.88 Å². The minimum Gasteiger partial charge on any atom is -0.474 e. The summed E-state index contributed by atoms with van der Waals surface area (Å²) in [6, 6.07) is 1.60. The fourth-order valence-corrected chi connectivity index (χ4v) is 8.01. The fourth-order valence-electron chi connectivity index (χ4n) is 4.94. The third kappa shape index (κ3) is 5.88. The first-order chi connectivity index (χ1) is 19.1. The van der Waals surface area contributed by atoms with E-state index in [-0.39, 0.29) is 24.2 Å². The van der Waals surface area contributed by atoms with Gasteiger partial charge in [0.25, 0.3) is 5.56 Å². The van der Waals surface area contributed by atoms with Gasteiger partial charge in [0, 0.05) is 24.6 Å². The monoisotopic (exact) mass is 634 g/mol. The van der Waals surface area contributed by atoms with Gasteiger partial charge in [0.15, 0.2) is 17.4 Å². The molecule has 0 aromatic carbocycles. The number of aromatic amines is 1. The normalized spacial score (nSPS) is 38.7. The van der Waals surface area contributed by atoms with E-state index < -0.39 is 68.4 Å². The SMILES string of the molecule is O=c1[nH]cnc2c1ncn2[C@@H]1O[C@@H]2CO[P@](=O)(S)O[C@H]3C[C@H](Oc4ccncn4)C[C@@H]3CO[P@](=O)(S)O[C@@H]1[C@@H]2O. The van der Waals surface area contributed by atoms with Crippen LogP contribution in [-0.4, -0.2) is 78.3 Å². The van der Waals surface area contributed by atoms with Gasteiger partial charge in [-0.1, -0.05) is 24.5 Å². The van der Waals surface area contributed by atoms with Gasteiger partial charge >= 0.3 is 13.6 Å². The number of ether oxygens (including phenoxy) is 2. The number of aromatic nitrogens is 6. The maximum Gasteiger partial charge on any atom is 0.386 e. The molecule has 3 aromatic heterocycles. The van der Waals surface area contributed by atoms with Crippen LogP contribution < -0.4 is 10.3 Å². The van der Waals surface area contributed by atoms with Gasteiger partial charge in [-0.05, 0) is 6.42 Å². The third-order valence-electron chi connectivity index (χ3n) is 6.76. The lowest BCUT2D eigenvalue weighted by atomic mass is 10.1. The second kappa shape index (κ2) is 11.1. The predicted molar refractivity (Wildman–Crippen MR) is 142 cm³/mol. The first-order valence-electron chi connectivity index (χ1n) is 12.1. The average Bonchev–Trinajstić information content (AvgIpc) is 3.58. The van der Waals surface area contributed by atoms with E-state index in [1.165, 1.54) is 29.7 Å². The molecular formula is C20H24N6O10P2S2. The summed E-state index contributed by atoms with van der Waals surface area (Å²) in [5, 5.41) is 11.1. The lowest BCUT2D eigenvalue weighted by molar-refractivity contribution is -0.0487. The number of hydrogen-bond donors (Lipinski definition) is 4. The van der Waals surface area contributed by atoms with Gasteiger partial charge in [-0.15, -0.1) is 0 Å². The van der Waals surface area contributed by atoms with Crippen molar-refractivity contribution in [2.24, 2.45) is 5.92 Å². The van der Waals surface area contributed by atoms with E-state index in [0.29, 0.717) is 12.3 Å². The average molecular weight is 635 g/mol.